The average molecular weight is 462 g/mol. The van der Waals surface area contributed by atoms with E-state index in [4.69, 9.17) is 17.0 Å². The van der Waals surface area contributed by atoms with Crippen LogP contribution in [0.1, 0.15) is 63.2 Å². The SMILES string of the molecule is CC(C)(C)OC(=O)N1C[C@@H](CO)[C@](NC(=S)NC(=O)c2ccccc2)(C2CCCCC2)C1. The maximum Gasteiger partial charge on any atom is 0.410 e. The smallest absolute Gasteiger partial charge is 0.410 e. The number of amides is 2. The standard InChI is InChI=1S/C24H35N3O4S/c1-23(2,3)31-22(30)27-14-19(15-28)24(16-27,18-12-8-5-9-13-18)26-21(32)25-20(29)17-10-6-4-7-11-17/h4,6-7,10-11,18-19,28H,5,8-9,12-16H2,1-3H3,(H2,25,26,29,32)/t19-,24+/m0/s1. The van der Waals surface area contributed by atoms with Crippen LogP contribution in [0.25, 0.3) is 0 Å². The lowest BCUT2D eigenvalue weighted by Gasteiger charge is -2.44. The first-order valence-corrected chi connectivity index (χ1v) is 11.8. The van der Waals surface area contributed by atoms with Gasteiger partial charge in [-0.3, -0.25) is 10.1 Å². The molecule has 0 aromatic heterocycles. The van der Waals surface area contributed by atoms with E-state index in [-0.39, 0.29) is 29.5 Å². The first-order chi connectivity index (χ1) is 15.1. The highest BCUT2D eigenvalue weighted by atomic mass is 32.1. The maximum absolute atomic E-state index is 12.8. The maximum atomic E-state index is 12.8. The Balaban J connectivity index is 1.81. The second-order valence-electron chi connectivity index (χ2n) is 9.89. The highest BCUT2D eigenvalue weighted by Gasteiger charge is 2.53. The monoisotopic (exact) mass is 461 g/mol. The Morgan fingerprint density at radius 2 is 1.84 bits per heavy atom. The lowest BCUT2D eigenvalue weighted by molar-refractivity contribution is 0.0269. The predicted molar refractivity (Wildman–Crippen MR) is 127 cm³/mol. The largest absolute Gasteiger partial charge is 0.444 e. The van der Waals surface area contributed by atoms with Crippen molar-refractivity contribution in [1.29, 1.82) is 0 Å². The van der Waals surface area contributed by atoms with Gasteiger partial charge in [0.15, 0.2) is 5.11 Å². The lowest BCUT2D eigenvalue weighted by atomic mass is 9.69. The summed E-state index contributed by atoms with van der Waals surface area (Å²) in [5.41, 5.74) is -0.703. The number of hydrogen-bond acceptors (Lipinski definition) is 5. The third-order valence-corrected chi connectivity index (χ3v) is 6.64. The minimum Gasteiger partial charge on any atom is -0.444 e. The molecule has 2 atom stereocenters. The topological polar surface area (TPSA) is 90.9 Å². The summed E-state index contributed by atoms with van der Waals surface area (Å²) in [5.74, 6) is -0.276. The van der Waals surface area contributed by atoms with Gasteiger partial charge in [0.2, 0.25) is 0 Å². The molecular weight excluding hydrogens is 426 g/mol. The van der Waals surface area contributed by atoms with Crippen LogP contribution in [0.4, 0.5) is 4.79 Å². The zero-order chi connectivity index (χ0) is 23.4. The Kier molecular flexibility index (Phi) is 7.77. The van der Waals surface area contributed by atoms with E-state index < -0.39 is 17.2 Å². The van der Waals surface area contributed by atoms with Crippen LogP contribution in [0, 0.1) is 11.8 Å². The van der Waals surface area contributed by atoms with E-state index in [9.17, 15) is 14.7 Å². The van der Waals surface area contributed by atoms with Crippen molar-refractivity contribution >= 4 is 29.3 Å². The number of ether oxygens (including phenoxy) is 1. The Morgan fingerprint density at radius 1 is 1.19 bits per heavy atom. The van der Waals surface area contributed by atoms with Crippen LogP contribution in [-0.2, 0) is 4.74 Å². The average Bonchev–Trinajstić information content (AvgIpc) is 3.13. The van der Waals surface area contributed by atoms with Crippen molar-refractivity contribution in [2.24, 2.45) is 11.8 Å². The first-order valence-electron chi connectivity index (χ1n) is 11.4. The summed E-state index contributed by atoms with van der Waals surface area (Å²) in [4.78, 5) is 27.1. The zero-order valence-corrected chi connectivity index (χ0v) is 20.0. The van der Waals surface area contributed by atoms with Gasteiger partial charge in [-0.15, -0.1) is 0 Å². The van der Waals surface area contributed by atoms with Gasteiger partial charge >= 0.3 is 6.09 Å². The number of aliphatic hydroxyl groups is 1. The third kappa shape index (κ3) is 5.78. The van der Waals surface area contributed by atoms with Crippen molar-refractivity contribution in [2.45, 2.75) is 64.0 Å². The number of aliphatic hydroxyl groups excluding tert-OH is 1. The molecule has 7 nitrogen and oxygen atoms in total. The van der Waals surface area contributed by atoms with E-state index in [2.05, 4.69) is 10.6 Å². The molecule has 0 spiro atoms. The fourth-order valence-corrected chi connectivity index (χ4v) is 5.24. The van der Waals surface area contributed by atoms with Gasteiger partial charge in [0.05, 0.1) is 5.54 Å². The van der Waals surface area contributed by atoms with Gasteiger partial charge in [0.1, 0.15) is 5.60 Å². The summed E-state index contributed by atoms with van der Waals surface area (Å²) in [6.07, 6.45) is 4.96. The van der Waals surface area contributed by atoms with Crippen molar-refractivity contribution < 1.29 is 19.4 Å². The Hall–Kier alpha value is -2.19. The van der Waals surface area contributed by atoms with Gasteiger partial charge < -0.3 is 20.1 Å². The molecule has 1 saturated carbocycles. The Bertz CT molecular complexity index is 820. The van der Waals surface area contributed by atoms with Crippen LogP contribution >= 0.6 is 12.2 Å². The number of likely N-dealkylation sites (tertiary alicyclic amines) is 1. The first kappa shape index (κ1) is 24.5. The van der Waals surface area contributed by atoms with Crippen LogP contribution in [0.3, 0.4) is 0 Å². The fraction of sp³-hybridized carbons (Fsp3) is 0.625. The van der Waals surface area contributed by atoms with Crippen LogP contribution in [-0.4, -0.2) is 58.0 Å². The van der Waals surface area contributed by atoms with E-state index in [1.807, 2.05) is 26.8 Å². The number of thiocarbonyl (C=S) groups is 1. The van der Waals surface area contributed by atoms with E-state index in [1.54, 1.807) is 29.2 Å². The molecule has 3 rings (SSSR count). The van der Waals surface area contributed by atoms with Crippen molar-refractivity contribution in [3.05, 3.63) is 35.9 Å². The van der Waals surface area contributed by atoms with Crippen LogP contribution < -0.4 is 10.6 Å². The molecule has 176 valence electrons. The van der Waals surface area contributed by atoms with E-state index in [1.165, 1.54) is 6.42 Å². The molecule has 2 aliphatic rings. The minimum atomic E-state index is -0.618. The highest BCUT2D eigenvalue weighted by Crippen LogP contribution is 2.42. The summed E-state index contributed by atoms with van der Waals surface area (Å²) in [5, 5.41) is 16.7. The van der Waals surface area contributed by atoms with Crippen LogP contribution in [0.5, 0.6) is 0 Å². The number of nitrogens with one attached hydrogen (secondary N) is 2. The molecule has 0 unspecified atom stereocenters. The second-order valence-corrected chi connectivity index (χ2v) is 10.3. The van der Waals surface area contributed by atoms with E-state index in [0.717, 1.165) is 25.7 Å². The number of nitrogens with zero attached hydrogens (tertiary/aromatic N) is 1. The Labute approximate surface area is 195 Å². The molecule has 3 N–H and O–H groups in total. The molecule has 8 heteroatoms. The number of carbonyl (C=O) groups is 2. The molecule has 1 aliphatic heterocycles. The number of benzene rings is 1. The van der Waals surface area contributed by atoms with Gasteiger partial charge in [0, 0.05) is 31.2 Å². The van der Waals surface area contributed by atoms with Gasteiger partial charge in [0.25, 0.3) is 5.91 Å². The normalized spacial score (nSPS) is 24.1. The molecule has 1 heterocycles. The highest BCUT2D eigenvalue weighted by molar-refractivity contribution is 7.80. The quantitative estimate of drug-likeness (QED) is 0.595. The summed E-state index contributed by atoms with van der Waals surface area (Å²) >= 11 is 5.54. The van der Waals surface area contributed by atoms with Crippen molar-refractivity contribution in [3.8, 4) is 0 Å². The Morgan fingerprint density at radius 3 is 2.44 bits per heavy atom. The number of carbonyl (C=O) groups excluding carboxylic acids is 2. The fourth-order valence-electron chi connectivity index (χ4n) is 4.96. The predicted octanol–water partition coefficient (Wildman–Crippen LogP) is 3.47. The van der Waals surface area contributed by atoms with Crippen molar-refractivity contribution in [2.75, 3.05) is 19.7 Å². The summed E-state index contributed by atoms with van der Waals surface area (Å²) in [7, 11) is 0. The molecule has 0 bridgehead atoms. The van der Waals surface area contributed by atoms with Gasteiger partial charge in [-0.2, -0.15) is 0 Å². The van der Waals surface area contributed by atoms with Gasteiger partial charge in [-0.25, -0.2) is 4.79 Å². The lowest BCUT2D eigenvalue weighted by Crippen LogP contribution is -2.63. The second kappa shape index (κ2) is 10.2. The molecule has 32 heavy (non-hydrogen) atoms. The van der Waals surface area contributed by atoms with Crippen molar-refractivity contribution in [3.63, 3.8) is 0 Å². The van der Waals surface area contributed by atoms with Crippen LogP contribution in [0.2, 0.25) is 0 Å². The molecular formula is C24H35N3O4S. The molecule has 2 fully saturated rings. The minimum absolute atomic E-state index is 0.0853. The van der Waals surface area contributed by atoms with Gasteiger partial charge in [-0.05, 0) is 63.9 Å². The van der Waals surface area contributed by atoms with E-state index >= 15 is 0 Å². The van der Waals surface area contributed by atoms with E-state index in [0.29, 0.717) is 18.7 Å². The molecule has 2 amide bonds. The third-order valence-electron chi connectivity index (χ3n) is 6.44. The molecule has 1 aliphatic carbocycles. The summed E-state index contributed by atoms with van der Waals surface area (Å²) < 4.78 is 5.60. The summed E-state index contributed by atoms with van der Waals surface area (Å²) in [6.45, 7) is 6.18. The van der Waals surface area contributed by atoms with Crippen LogP contribution in [0.15, 0.2) is 30.3 Å². The van der Waals surface area contributed by atoms with Gasteiger partial charge in [-0.1, -0.05) is 37.5 Å². The molecule has 1 aromatic rings. The zero-order valence-electron chi connectivity index (χ0n) is 19.2. The molecule has 1 aromatic carbocycles. The molecule has 0 radical (unpaired) electrons. The van der Waals surface area contributed by atoms with Crippen molar-refractivity contribution in [1.82, 2.24) is 15.5 Å². The summed E-state index contributed by atoms with van der Waals surface area (Å²) in [6, 6.07) is 8.90. The number of rotatable bonds is 4. The number of hydrogen-bond donors (Lipinski definition) is 3. The molecule has 1 saturated heterocycles.